The molecule has 2 heterocycles. The van der Waals surface area contributed by atoms with Crippen molar-refractivity contribution in [2.45, 2.75) is 45.2 Å². The van der Waals surface area contributed by atoms with E-state index in [1.54, 1.807) is 12.1 Å². The van der Waals surface area contributed by atoms with Crippen LogP contribution >= 0.6 is 0 Å². The van der Waals surface area contributed by atoms with Crippen molar-refractivity contribution in [1.82, 2.24) is 10.2 Å². The van der Waals surface area contributed by atoms with Gasteiger partial charge in [0, 0.05) is 24.2 Å². The van der Waals surface area contributed by atoms with Crippen molar-refractivity contribution in [3.05, 3.63) is 39.4 Å². The normalized spacial score (nSPS) is 23.8. The highest BCUT2D eigenvalue weighted by molar-refractivity contribution is 5.44. The number of benzene rings is 1. The van der Waals surface area contributed by atoms with Gasteiger partial charge in [-0.05, 0) is 63.7 Å². The van der Waals surface area contributed by atoms with Crippen molar-refractivity contribution >= 4 is 5.69 Å². The largest absolute Gasteiger partial charge is 0.314 e. The van der Waals surface area contributed by atoms with Crippen LogP contribution in [0.2, 0.25) is 0 Å². The molecule has 0 saturated carbocycles. The molecule has 0 aromatic heterocycles. The van der Waals surface area contributed by atoms with Gasteiger partial charge in [0.1, 0.15) is 0 Å². The fourth-order valence-corrected chi connectivity index (χ4v) is 3.91. The van der Waals surface area contributed by atoms with Crippen molar-refractivity contribution in [2.24, 2.45) is 5.92 Å². The molecule has 1 aromatic rings. The lowest BCUT2D eigenvalue weighted by atomic mass is 9.88. The third-order valence-corrected chi connectivity index (χ3v) is 5.31. The molecule has 2 aliphatic rings. The number of nitro benzene ring substituents is 1. The van der Waals surface area contributed by atoms with Crippen LogP contribution in [0, 0.1) is 23.0 Å². The van der Waals surface area contributed by atoms with Crippen molar-refractivity contribution in [1.29, 1.82) is 0 Å². The monoisotopic (exact) mass is 303 g/mol. The molecular formula is C17H25N3O2. The fourth-order valence-electron chi connectivity index (χ4n) is 3.91. The predicted octanol–water partition coefficient (Wildman–Crippen LogP) is 2.87. The molecule has 1 unspecified atom stereocenters. The average Bonchev–Trinajstić information content (AvgIpc) is 3.04. The maximum atomic E-state index is 11.0. The molecule has 1 atom stereocenters. The Morgan fingerprint density at radius 1 is 1.32 bits per heavy atom. The molecular weight excluding hydrogens is 278 g/mol. The Balaban J connectivity index is 1.59. The summed E-state index contributed by atoms with van der Waals surface area (Å²) in [5.74, 6) is 0.810. The lowest BCUT2D eigenvalue weighted by molar-refractivity contribution is -0.385. The lowest BCUT2D eigenvalue weighted by Crippen LogP contribution is -2.40. The highest BCUT2D eigenvalue weighted by atomic mass is 16.6. The molecule has 2 saturated heterocycles. The average molecular weight is 303 g/mol. The molecule has 5 heteroatoms. The summed E-state index contributed by atoms with van der Waals surface area (Å²) < 4.78 is 0. The Morgan fingerprint density at radius 2 is 2.09 bits per heavy atom. The first-order chi connectivity index (χ1) is 10.6. The van der Waals surface area contributed by atoms with Crippen LogP contribution in [0.4, 0.5) is 5.69 Å². The summed E-state index contributed by atoms with van der Waals surface area (Å²) >= 11 is 0. The van der Waals surface area contributed by atoms with Crippen LogP contribution in [0.3, 0.4) is 0 Å². The van der Waals surface area contributed by atoms with Crippen molar-refractivity contribution in [3.8, 4) is 0 Å². The zero-order valence-electron chi connectivity index (χ0n) is 13.3. The van der Waals surface area contributed by atoms with Gasteiger partial charge in [0.2, 0.25) is 0 Å². The van der Waals surface area contributed by atoms with E-state index in [2.05, 4.69) is 10.2 Å². The summed E-state index contributed by atoms with van der Waals surface area (Å²) in [4.78, 5) is 13.2. The summed E-state index contributed by atoms with van der Waals surface area (Å²) in [7, 11) is 0. The molecule has 1 N–H and O–H groups in total. The van der Waals surface area contributed by atoms with Crippen LogP contribution < -0.4 is 5.32 Å². The molecule has 2 aliphatic heterocycles. The van der Waals surface area contributed by atoms with Crippen LogP contribution in [0.1, 0.15) is 36.8 Å². The zero-order valence-corrected chi connectivity index (χ0v) is 13.3. The summed E-state index contributed by atoms with van der Waals surface area (Å²) in [6, 6.07) is 6.14. The minimum absolute atomic E-state index is 0.238. The smallest absolute Gasteiger partial charge is 0.272 e. The molecule has 0 bridgehead atoms. The second kappa shape index (κ2) is 6.75. The highest BCUT2D eigenvalue weighted by Gasteiger charge is 2.28. The molecule has 0 spiro atoms. The molecule has 22 heavy (non-hydrogen) atoms. The van der Waals surface area contributed by atoms with E-state index in [1.807, 2.05) is 13.0 Å². The standard InChI is InChI=1S/C17H25N3O2/c1-13-15(4-2-6-17(13)20(21)22)12-19-10-7-14(8-11-19)16-5-3-9-18-16/h2,4,6,14,16,18H,3,5,7-12H2,1H3. The molecule has 0 amide bonds. The van der Waals surface area contributed by atoms with Crippen molar-refractivity contribution in [3.63, 3.8) is 0 Å². The zero-order chi connectivity index (χ0) is 15.5. The molecule has 1 aromatic carbocycles. The SMILES string of the molecule is Cc1c(CN2CCC(C3CCCN3)CC2)cccc1[N+](=O)[O-]. The Morgan fingerprint density at radius 3 is 2.73 bits per heavy atom. The Labute approximate surface area is 131 Å². The summed E-state index contributed by atoms with van der Waals surface area (Å²) in [6.45, 7) is 6.08. The van der Waals surface area contributed by atoms with Gasteiger partial charge < -0.3 is 5.32 Å². The number of piperidine rings is 1. The Kier molecular flexibility index (Phi) is 4.74. The van der Waals surface area contributed by atoms with Gasteiger partial charge in [0.05, 0.1) is 4.92 Å². The quantitative estimate of drug-likeness (QED) is 0.686. The highest BCUT2D eigenvalue weighted by Crippen LogP contribution is 2.28. The van der Waals surface area contributed by atoms with Crippen molar-refractivity contribution in [2.75, 3.05) is 19.6 Å². The van der Waals surface area contributed by atoms with E-state index in [0.29, 0.717) is 0 Å². The maximum Gasteiger partial charge on any atom is 0.272 e. The fraction of sp³-hybridized carbons (Fsp3) is 0.647. The number of likely N-dealkylation sites (tertiary alicyclic amines) is 1. The van der Waals surface area contributed by atoms with Gasteiger partial charge in [0.25, 0.3) is 5.69 Å². The molecule has 0 aliphatic carbocycles. The van der Waals surface area contributed by atoms with Gasteiger partial charge in [-0.2, -0.15) is 0 Å². The van der Waals surface area contributed by atoms with Gasteiger partial charge in [-0.25, -0.2) is 0 Å². The van der Waals surface area contributed by atoms with Crippen LogP contribution in [-0.2, 0) is 6.54 Å². The van der Waals surface area contributed by atoms with Gasteiger partial charge >= 0.3 is 0 Å². The van der Waals surface area contributed by atoms with E-state index in [-0.39, 0.29) is 10.6 Å². The third-order valence-electron chi connectivity index (χ3n) is 5.31. The van der Waals surface area contributed by atoms with Crippen molar-refractivity contribution < 1.29 is 4.92 Å². The first-order valence-corrected chi connectivity index (χ1v) is 8.34. The second-order valence-corrected chi connectivity index (χ2v) is 6.63. The van der Waals surface area contributed by atoms with E-state index >= 15 is 0 Å². The van der Waals surface area contributed by atoms with Gasteiger partial charge in [0.15, 0.2) is 0 Å². The van der Waals surface area contributed by atoms with Crippen LogP contribution in [0.25, 0.3) is 0 Å². The lowest BCUT2D eigenvalue weighted by Gasteiger charge is -2.35. The predicted molar refractivity (Wildman–Crippen MR) is 86.9 cm³/mol. The molecule has 3 rings (SSSR count). The third kappa shape index (κ3) is 3.31. The molecule has 5 nitrogen and oxygen atoms in total. The number of hydrogen-bond acceptors (Lipinski definition) is 4. The summed E-state index contributed by atoms with van der Waals surface area (Å²) in [5.41, 5.74) is 2.14. The van der Waals surface area contributed by atoms with Crippen LogP contribution in [-0.4, -0.2) is 35.5 Å². The van der Waals surface area contributed by atoms with E-state index < -0.39 is 0 Å². The van der Waals surface area contributed by atoms with Crippen LogP contribution in [0.5, 0.6) is 0 Å². The number of nitrogens with zero attached hydrogens (tertiary/aromatic N) is 2. The number of rotatable bonds is 4. The van der Waals surface area contributed by atoms with E-state index in [1.165, 1.54) is 32.2 Å². The van der Waals surface area contributed by atoms with Gasteiger partial charge in [-0.1, -0.05) is 12.1 Å². The number of nitro groups is 1. The van der Waals surface area contributed by atoms with E-state index in [4.69, 9.17) is 0 Å². The van der Waals surface area contributed by atoms with E-state index in [0.717, 1.165) is 42.7 Å². The first-order valence-electron chi connectivity index (χ1n) is 8.34. The molecule has 2 fully saturated rings. The Hall–Kier alpha value is -1.46. The maximum absolute atomic E-state index is 11.0. The molecule has 120 valence electrons. The topological polar surface area (TPSA) is 58.4 Å². The van der Waals surface area contributed by atoms with Crippen LogP contribution in [0.15, 0.2) is 18.2 Å². The number of hydrogen-bond donors (Lipinski definition) is 1. The Bertz CT molecular complexity index is 533. The second-order valence-electron chi connectivity index (χ2n) is 6.63. The number of nitrogens with one attached hydrogen (secondary N) is 1. The summed E-state index contributed by atoms with van der Waals surface area (Å²) in [5, 5.41) is 14.7. The van der Waals surface area contributed by atoms with Gasteiger partial charge in [-0.3, -0.25) is 15.0 Å². The minimum Gasteiger partial charge on any atom is -0.314 e. The summed E-state index contributed by atoms with van der Waals surface area (Å²) in [6.07, 6.45) is 5.13. The van der Waals surface area contributed by atoms with E-state index in [9.17, 15) is 10.1 Å². The first kappa shape index (κ1) is 15.4. The molecule has 0 radical (unpaired) electrons. The van der Waals surface area contributed by atoms with Gasteiger partial charge in [-0.15, -0.1) is 0 Å². The minimum atomic E-state index is -0.281.